The summed E-state index contributed by atoms with van der Waals surface area (Å²) in [6.45, 7) is 15.3. The zero-order valence-corrected chi connectivity index (χ0v) is 10.4. The molecule has 1 rings (SSSR count). The maximum absolute atomic E-state index is 4.59. The van der Waals surface area contributed by atoms with Gasteiger partial charge in [0.15, 0.2) is 0 Å². The van der Waals surface area contributed by atoms with Crippen LogP contribution in [0.3, 0.4) is 0 Å². The lowest BCUT2D eigenvalue weighted by Gasteiger charge is -2.24. The standard InChI is InChI=1S/C12H22N2/c1-8-13-9(11(2,3)4)10(14-8)12(5,6)7/h1-7H3,(H,13,14). The van der Waals surface area contributed by atoms with Gasteiger partial charge in [-0.15, -0.1) is 0 Å². The molecule has 0 radical (unpaired) electrons. The van der Waals surface area contributed by atoms with Crippen LogP contribution in [-0.4, -0.2) is 9.97 Å². The van der Waals surface area contributed by atoms with E-state index in [1.807, 2.05) is 6.92 Å². The summed E-state index contributed by atoms with van der Waals surface area (Å²) in [6.07, 6.45) is 0. The molecule has 0 spiro atoms. The third kappa shape index (κ3) is 2.17. The number of rotatable bonds is 0. The third-order valence-corrected chi connectivity index (χ3v) is 2.28. The smallest absolute Gasteiger partial charge is 0.103 e. The first-order chi connectivity index (χ1) is 6.12. The molecule has 1 aromatic rings. The van der Waals surface area contributed by atoms with Crippen molar-refractivity contribution < 1.29 is 0 Å². The SMILES string of the molecule is Cc1nc(C(C)(C)C)c(C(C)(C)C)[nH]1. The van der Waals surface area contributed by atoms with Crippen LogP contribution < -0.4 is 0 Å². The molecule has 0 bridgehead atoms. The van der Waals surface area contributed by atoms with E-state index in [0.717, 1.165) is 5.82 Å². The van der Waals surface area contributed by atoms with Gasteiger partial charge in [0.25, 0.3) is 0 Å². The Hall–Kier alpha value is -0.790. The first kappa shape index (κ1) is 11.3. The molecule has 0 unspecified atom stereocenters. The van der Waals surface area contributed by atoms with Gasteiger partial charge in [0.2, 0.25) is 0 Å². The molecule has 0 aliphatic heterocycles. The summed E-state index contributed by atoms with van der Waals surface area (Å²) in [6, 6.07) is 0. The van der Waals surface area contributed by atoms with Crippen LogP contribution in [0.4, 0.5) is 0 Å². The molecule has 14 heavy (non-hydrogen) atoms. The van der Waals surface area contributed by atoms with Crippen molar-refractivity contribution in [2.75, 3.05) is 0 Å². The molecule has 1 N–H and O–H groups in total. The van der Waals surface area contributed by atoms with E-state index in [-0.39, 0.29) is 10.8 Å². The molecule has 1 aromatic heterocycles. The fourth-order valence-corrected chi connectivity index (χ4v) is 1.58. The normalized spacial score (nSPS) is 13.4. The quantitative estimate of drug-likeness (QED) is 0.674. The monoisotopic (exact) mass is 194 g/mol. The fourth-order valence-electron chi connectivity index (χ4n) is 1.58. The lowest BCUT2D eigenvalue weighted by atomic mass is 9.82. The number of aromatic amines is 1. The van der Waals surface area contributed by atoms with Gasteiger partial charge in [-0.2, -0.15) is 0 Å². The average Bonchev–Trinajstić information content (AvgIpc) is 2.27. The van der Waals surface area contributed by atoms with Gasteiger partial charge in [0.05, 0.1) is 5.69 Å². The molecule has 0 amide bonds. The highest BCUT2D eigenvalue weighted by Gasteiger charge is 2.28. The van der Waals surface area contributed by atoms with E-state index in [1.165, 1.54) is 11.4 Å². The first-order valence-electron chi connectivity index (χ1n) is 5.20. The van der Waals surface area contributed by atoms with Crippen molar-refractivity contribution in [1.29, 1.82) is 0 Å². The number of imidazole rings is 1. The number of hydrogen-bond acceptors (Lipinski definition) is 1. The zero-order chi connectivity index (χ0) is 11.1. The second-order valence-electron chi connectivity index (χ2n) is 6.05. The summed E-state index contributed by atoms with van der Waals surface area (Å²) >= 11 is 0. The Balaban J connectivity index is 3.31. The van der Waals surface area contributed by atoms with E-state index in [1.54, 1.807) is 0 Å². The van der Waals surface area contributed by atoms with Gasteiger partial charge in [0.1, 0.15) is 5.82 Å². The highest BCUT2D eigenvalue weighted by Crippen LogP contribution is 2.31. The predicted octanol–water partition coefficient (Wildman–Crippen LogP) is 3.31. The van der Waals surface area contributed by atoms with Crippen molar-refractivity contribution in [1.82, 2.24) is 9.97 Å². The van der Waals surface area contributed by atoms with E-state index in [2.05, 4.69) is 51.5 Å². The van der Waals surface area contributed by atoms with Crippen molar-refractivity contribution in [3.63, 3.8) is 0 Å². The van der Waals surface area contributed by atoms with Crippen molar-refractivity contribution >= 4 is 0 Å². The van der Waals surface area contributed by atoms with Crippen molar-refractivity contribution in [3.8, 4) is 0 Å². The summed E-state index contributed by atoms with van der Waals surface area (Å²) in [5, 5.41) is 0. The first-order valence-corrected chi connectivity index (χ1v) is 5.20. The van der Waals surface area contributed by atoms with Crippen LogP contribution in [0.15, 0.2) is 0 Å². The maximum atomic E-state index is 4.59. The summed E-state index contributed by atoms with van der Waals surface area (Å²) in [4.78, 5) is 7.97. The lowest BCUT2D eigenvalue weighted by Crippen LogP contribution is -2.21. The van der Waals surface area contributed by atoms with Gasteiger partial charge in [-0.25, -0.2) is 4.98 Å². The summed E-state index contributed by atoms with van der Waals surface area (Å²) in [5.74, 6) is 1.01. The molecular weight excluding hydrogens is 172 g/mol. The van der Waals surface area contributed by atoms with Gasteiger partial charge in [-0.05, 0) is 6.92 Å². The number of nitrogens with one attached hydrogen (secondary N) is 1. The molecule has 0 aromatic carbocycles. The Labute approximate surface area is 87.1 Å². The van der Waals surface area contributed by atoms with Crippen LogP contribution in [0.2, 0.25) is 0 Å². The molecule has 80 valence electrons. The molecule has 0 atom stereocenters. The number of hydrogen-bond donors (Lipinski definition) is 1. The van der Waals surface area contributed by atoms with Gasteiger partial charge < -0.3 is 4.98 Å². The Kier molecular flexibility index (Phi) is 2.51. The molecule has 0 saturated heterocycles. The molecular formula is C12H22N2. The minimum absolute atomic E-state index is 0.118. The third-order valence-electron chi connectivity index (χ3n) is 2.28. The number of H-pyrrole nitrogens is 1. The maximum Gasteiger partial charge on any atom is 0.103 e. The topological polar surface area (TPSA) is 28.7 Å². The Morgan fingerprint density at radius 2 is 1.43 bits per heavy atom. The minimum atomic E-state index is 0.118. The zero-order valence-electron chi connectivity index (χ0n) is 10.4. The van der Waals surface area contributed by atoms with Crippen molar-refractivity contribution in [3.05, 3.63) is 17.2 Å². The van der Waals surface area contributed by atoms with Crippen LogP contribution >= 0.6 is 0 Å². The fraction of sp³-hybridized carbons (Fsp3) is 0.750. The van der Waals surface area contributed by atoms with Crippen LogP contribution in [0.5, 0.6) is 0 Å². The van der Waals surface area contributed by atoms with Crippen molar-refractivity contribution in [2.45, 2.75) is 59.3 Å². The predicted molar refractivity (Wildman–Crippen MR) is 60.7 cm³/mol. The molecule has 1 heterocycles. The lowest BCUT2D eigenvalue weighted by molar-refractivity contribution is 0.512. The van der Waals surface area contributed by atoms with Gasteiger partial charge in [0, 0.05) is 16.5 Å². The number of aryl methyl sites for hydroxylation is 1. The molecule has 0 saturated carbocycles. The largest absolute Gasteiger partial charge is 0.345 e. The average molecular weight is 194 g/mol. The highest BCUT2D eigenvalue weighted by molar-refractivity contribution is 5.27. The Bertz CT molecular complexity index is 290. The van der Waals surface area contributed by atoms with Gasteiger partial charge in [-0.3, -0.25) is 0 Å². The molecule has 2 heteroatoms. The summed E-state index contributed by atoms with van der Waals surface area (Å²) in [5.41, 5.74) is 2.72. The number of aromatic nitrogens is 2. The van der Waals surface area contributed by atoms with Crippen LogP contribution in [0.1, 0.15) is 58.8 Å². The molecule has 0 aliphatic carbocycles. The van der Waals surface area contributed by atoms with E-state index in [0.29, 0.717) is 0 Å². The minimum Gasteiger partial charge on any atom is -0.345 e. The van der Waals surface area contributed by atoms with Crippen LogP contribution in [0.25, 0.3) is 0 Å². The summed E-state index contributed by atoms with van der Waals surface area (Å²) < 4.78 is 0. The van der Waals surface area contributed by atoms with Crippen LogP contribution in [-0.2, 0) is 10.8 Å². The molecule has 0 fully saturated rings. The van der Waals surface area contributed by atoms with Crippen LogP contribution in [0, 0.1) is 6.92 Å². The second-order valence-corrected chi connectivity index (χ2v) is 6.05. The highest BCUT2D eigenvalue weighted by atomic mass is 14.9. The second kappa shape index (κ2) is 3.11. The van der Waals surface area contributed by atoms with E-state index in [9.17, 15) is 0 Å². The number of nitrogens with zero attached hydrogens (tertiary/aromatic N) is 1. The summed E-state index contributed by atoms with van der Waals surface area (Å²) in [7, 11) is 0. The van der Waals surface area contributed by atoms with E-state index < -0.39 is 0 Å². The van der Waals surface area contributed by atoms with E-state index >= 15 is 0 Å². The Morgan fingerprint density at radius 3 is 1.71 bits per heavy atom. The van der Waals surface area contributed by atoms with E-state index in [4.69, 9.17) is 0 Å². The Morgan fingerprint density at radius 1 is 0.929 bits per heavy atom. The molecule has 2 nitrogen and oxygen atoms in total. The van der Waals surface area contributed by atoms with Gasteiger partial charge >= 0.3 is 0 Å². The van der Waals surface area contributed by atoms with Gasteiger partial charge in [-0.1, -0.05) is 41.5 Å². The molecule has 0 aliphatic rings. The van der Waals surface area contributed by atoms with Crippen molar-refractivity contribution in [2.24, 2.45) is 0 Å².